The minimum atomic E-state index is 0.872. The molecule has 3 heterocycles. The van der Waals surface area contributed by atoms with Gasteiger partial charge in [-0.25, -0.2) is 0 Å². The lowest BCUT2D eigenvalue weighted by atomic mass is 9.95. The van der Waals surface area contributed by atoms with Gasteiger partial charge in [0.1, 0.15) is 5.75 Å². The number of methoxy groups -OCH3 is 1. The molecule has 0 amide bonds. The Morgan fingerprint density at radius 2 is 0.974 bits per heavy atom. The molecule has 38 heavy (non-hydrogen) atoms. The molecule has 3 aliphatic heterocycles. The molecule has 0 aliphatic carbocycles. The number of hydrogen-bond donors (Lipinski definition) is 0. The van der Waals surface area contributed by atoms with Crippen LogP contribution in [0.4, 0.5) is 0 Å². The lowest BCUT2D eigenvalue weighted by molar-refractivity contribution is 0.424. The highest BCUT2D eigenvalue weighted by atomic mass is 32.2. The van der Waals surface area contributed by atoms with Gasteiger partial charge < -0.3 is 4.74 Å². The molecule has 3 aliphatic rings. The molecular formula is C35H24OS2. The summed E-state index contributed by atoms with van der Waals surface area (Å²) in [7, 11) is 1.75. The van der Waals surface area contributed by atoms with Crippen molar-refractivity contribution in [3.63, 3.8) is 0 Å². The van der Waals surface area contributed by atoms with Crippen LogP contribution in [0.1, 0.15) is 44.5 Å². The van der Waals surface area contributed by atoms with Crippen molar-refractivity contribution in [3.05, 3.63) is 123 Å². The van der Waals surface area contributed by atoms with Crippen LogP contribution in [0.5, 0.6) is 5.75 Å². The predicted molar refractivity (Wildman–Crippen MR) is 163 cm³/mol. The van der Waals surface area contributed by atoms with E-state index in [4.69, 9.17) is 4.74 Å². The predicted octanol–water partition coefficient (Wildman–Crippen LogP) is 8.29. The molecule has 5 aromatic rings. The SMILES string of the molecule is COc1c2cccc3c2cc2c(cccc12)C#Cc1cc2cc(c1)CSCc1cc(cc(c1)CSC2)C#C3. The van der Waals surface area contributed by atoms with Gasteiger partial charge in [-0.2, -0.15) is 23.5 Å². The molecule has 0 N–H and O–H groups in total. The average molecular weight is 525 g/mol. The Morgan fingerprint density at radius 3 is 1.39 bits per heavy atom. The zero-order chi connectivity index (χ0) is 25.5. The summed E-state index contributed by atoms with van der Waals surface area (Å²) in [6.45, 7) is 0. The molecule has 182 valence electrons. The maximum atomic E-state index is 5.98. The zero-order valence-corrected chi connectivity index (χ0v) is 22.7. The van der Waals surface area contributed by atoms with Gasteiger partial charge in [0.15, 0.2) is 0 Å². The maximum Gasteiger partial charge on any atom is 0.134 e. The van der Waals surface area contributed by atoms with E-state index in [0.29, 0.717) is 0 Å². The lowest BCUT2D eigenvalue weighted by Crippen LogP contribution is -1.95. The summed E-state index contributed by atoms with van der Waals surface area (Å²) in [6, 6.07) is 28.6. The van der Waals surface area contributed by atoms with Gasteiger partial charge in [-0.1, -0.05) is 60.1 Å². The van der Waals surface area contributed by atoms with E-state index in [2.05, 4.69) is 103 Å². The second kappa shape index (κ2) is 9.85. The van der Waals surface area contributed by atoms with Gasteiger partial charge in [-0.3, -0.25) is 0 Å². The number of rotatable bonds is 1. The third-order valence-electron chi connectivity index (χ3n) is 7.06. The van der Waals surface area contributed by atoms with Crippen molar-refractivity contribution in [1.82, 2.24) is 0 Å². The molecular weight excluding hydrogens is 501 g/mol. The molecule has 0 saturated carbocycles. The maximum absolute atomic E-state index is 5.98. The van der Waals surface area contributed by atoms with E-state index >= 15 is 0 Å². The van der Waals surface area contributed by atoms with Crippen LogP contribution < -0.4 is 4.74 Å². The fourth-order valence-electron chi connectivity index (χ4n) is 5.42. The van der Waals surface area contributed by atoms with Crippen molar-refractivity contribution >= 4 is 45.1 Å². The Morgan fingerprint density at radius 1 is 0.526 bits per heavy atom. The number of hydrogen-bond acceptors (Lipinski definition) is 3. The minimum absolute atomic E-state index is 0.872. The summed E-state index contributed by atoms with van der Waals surface area (Å²) >= 11 is 3.91. The van der Waals surface area contributed by atoms with Crippen LogP contribution in [-0.4, -0.2) is 7.11 Å². The normalized spacial score (nSPS) is 13.8. The number of benzene rings is 5. The Labute approximate surface area is 232 Å². The van der Waals surface area contributed by atoms with Crippen molar-refractivity contribution in [2.75, 3.05) is 7.11 Å². The average Bonchev–Trinajstić information content (AvgIpc) is 2.93. The van der Waals surface area contributed by atoms with E-state index in [1.165, 1.54) is 22.3 Å². The van der Waals surface area contributed by atoms with E-state index in [0.717, 1.165) is 72.6 Å². The summed E-state index contributed by atoms with van der Waals surface area (Å²) in [5.41, 5.74) is 9.51. The highest BCUT2D eigenvalue weighted by Gasteiger charge is 2.13. The largest absolute Gasteiger partial charge is 0.495 e. The van der Waals surface area contributed by atoms with Gasteiger partial charge in [0, 0.05) is 66.8 Å². The Bertz CT molecular complexity index is 1700. The van der Waals surface area contributed by atoms with Gasteiger partial charge >= 0.3 is 0 Å². The number of fused-ring (bicyclic) bond motifs is 4. The van der Waals surface area contributed by atoms with Gasteiger partial charge in [-0.05, 0) is 64.7 Å². The fourth-order valence-corrected chi connectivity index (χ4v) is 7.23. The molecule has 1 nitrogen and oxygen atoms in total. The topological polar surface area (TPSA) is 9.23 Å². The highest BCUT2D eigenvalue weighted by molar-refractivity contribution is 7.98. The third kappa shape index (κ3) is 4.43. The van der Waals surface area contributed by atoms with Crippen molar-refractivity contribution in [2.45, 2.75) is 23.0 Å². The summed E-state index contributed by atoms with van der Waals surface area (Å²) in [6.07, 6.45) is 0. The molecule has 8 bridgehead atoms. The summed E-state index contributed by atoms with van der Waals surface area (Å²) in [4.78, 5) is 0. The molecule has 8 rings (SSSR count). The highest BCUT2D eigenvalue weighted by Crippen LogP contribution is 2.37. The van der Waals surface area contributed by atoms with Gasteiger partial charge in [0.05, 0.1) is 7.11 Å². The first-order valence-corrected chi connectivity index (χ1v) is 15.0. The molecule has 0 fully saturated rings. The van der Waals surface area contributed by atoms with E-state index in [1.807, 2.05) is 23.5 Å². The van der Waals surface area contributed by atoms with Crippen LogP contribution in [0.3, 0.4) is 0 Å². The summed E-state index contributed by atoms with van der Waals surface area (Å²) in [5.74, 6) is 18.8. The van der Waals surface area contributed by atoms with Crippen LogP contribution >= 0.6 is 23.5 Å². The van der Waals surface area contributed by atoms with Crippen molar-refractivity contribution in [2.24, 2.45) is 0 Å². The molecule has 3 heteroatoms. The monoisotopic (exact) mass is 524 g/mol. The Hall–Kier alpha value is -3.76. The number of thioether (sulfide) groups is 2. The van der Waals surface area contributed by atoms with Gasteiger partial charge in [0.2, 0.25) is 0 Å². The fraction of sp³-hybridized carbons (Fsp3) is 0.143. The van der Waals surface area contributed by atoms with Crippen molar-refractivity contribution < 1.29 is 4.74 Å². The van der Waals surface area contributed by atoms with Gasteiger partial charge in [-0.15, -0.1) is 0 Å². The summed E-state index contributed by atoms with van der Waals surface area (Å²) in [5, 5.41) is 4.32. The summed E-state index contributed by atoms with van der Waals surface area (Å²) < 4.78 is 5.98. The van der Waals surface area contributed by atoms with Crippen molar-refractivity contribution in [3.8, 4) is 29.4 Å². The van der Waals surface area contributed by atoms with Crippen LogP contribution in [-0.2, 0) is 23.0 Å². The second-order valence-electron chi connectivity index (χ2n) is 9.77. The quantitative estimate of drug-likeness (QED) is 0.161. The Balaban J connectivity index is 1.56. The first kappa shape index (κ1) is 23.4. The standard InChI is InChI=1S/C35H24OS2/c1-36-35-31-6-2-4-29-10-8-23-12-25-16-26(13-23)20-38-22-28-15-24(14-27(17-28)21-37-19-25)9-11-30-5-3-7-32(35)34(30)18-33(29)31/h2-7,12-18H,19-22H2,1H3. The molecule has 0 atom stereocenters. The third-order valence-corrected chi connectivity index (χ3v) is 9.21. The zero-order valence-electron chi connectivity index (χ0n) is 21.1. The van der Waals surface area contributed by atoms with Crippen LogP contribution in [0.25, 0.3) is 21.5 Å². The van der Waals surface area contributed by atoms with Crippen LogP contribution in [0.15, 0.2) is 78.9 Å². The van der Waals surface area contributed by atoms with E-state index < -0.39 is 0 Å². The van der Waals surface area contributed by atoms with E-state index in [-0.39, 0.29) is 0 Å². The molecule has 0 radical (unpaired) electrons. The minimum Gasteiger partial charge on any atom is -0.495 e. The van der Waals surface area contributed by atoms with Crippen LogP contribution in [0.2, 0.25) is 0 Å². The van der Waals surface area contributed by atoms with E-state index in [1.54, 1.807) is 7.11 Å². The lowest BCUT2D eigenvalue weighted by Gasteiger charge is -2.13. The molecule has 0 unspecified atom stereocenters. The molecule has 0 saturated heterocycles. The van der Waals surface area contributed by atoms with Crippen molar-refractivity contribution in [1.29, 1.82) is 0 Å². The van der Waals surface area contributed by atoms with Crippen LogP contribution in [0, 0.1) is 23.7 Å². The molecule has 0 spiro atoms. The Kier molecular flexibility index (Phi) is 6.05. The molecule has 0 aromatic heterocycles. The molecule has 5 aromatic carbocycles. The first-order valence-electron chi connectivity index (χ1n) is 12.7. The number of ether oxygens (including phenoxy) is 1. The first-order chi connectivity index (χ1) is 18.7. The van der Waals surface area contributed by atoms with Gasteiger partial charge in [0.25, 0.3) is 0 Å². The smallest absolute Gasteiger partial charge is 0.134 e. The van der Waals surface area contributed by atoms with E-state index in [9.17, 15) is 0 Å². The second-order valence-corrected chi connectivity index (χ2v) is 11.7.